The summed E-state index contributed by atoms with van der Waals surface area (Å²) in [5, 5.41) is 11.9. The maximum Gasteiger partial charge on any atom is 0.205 e. The third-order valence-electron chi connectivity index (χ3n) is 1.91. The van der Waals surface area contributed by atoms with Crippen molar-refractivity contribution in [3.8, 4) is 0 Å². The van der Waals surface area contributed by atoms with Crippen molar-refractivity contribution in [2.45, 2.75) is 6.92 Å². The molecule has 15 heavy (non-hydrogen) atoms. The van der Waals surface area contributed by atoms with Gasteiger partial charge in [-0.25, -0.2) is 9.97 Å². The van der Waals surface area contributed by atoms with Gasteiger partial charge in [-0.3, -0.25) is 0 Å². The van der Waals surface area contributed by atoms with Gasteiger partial charge in [0.25, 0.3) is 0 Å². The zero-order chi connectivity index (χ0) is 10.7. The lowest BCUT2D eigenvalue weighted by Crippen LogP contribution is -1.95. The third kappa shape index (κ3) is 1.88. The van der Waals surface area contributed by atoms with Crippen molar-refractivity contribution in [2.24, 2.45) is 7.05 Å². The first-order valence-electron chi connectivity index (χ1n) is 4.47. The summed E-state index contributed by atoms with van der Waals surface area (Å²) in [6.45, 7) is 1.92. The molecule has 0 saturated carbocycles. The Bertz CT molecular complexity index is 472. The van der Waals surface area contributed by atoms with E-state index in [-0.39, 0.29) is 0 Å². The van der Waals surface area contributed by atoms with E-state index in [4.69, 9.17) is 0 Å². The number of aryl methyl sites for hydroxylation is 1. The maximum absolute atomic E-state index is 4.13. The van der Waals surface area contributed by atoms with Crippen LogP contribution in [-0.2, 0) is 7.05 Å². The molecule has 0 aliphatic rings. The van der Waals surface area contributed by atoms with E-state index in [1.807, 2.05) is 13.0 Å². The summed E-state index contributed by atoms with van der Waals surface area (Å²) < 4.78 is 0. The second-order valence-electron chi connectivity index (χ2n) is 2.93. The minimum Gasteiger partial charge on any atom is -0.244 e. The number of nitrogens with zero attached hydrogens (tertiary/aromatic N) is 6. The Morgan fingerprint density at radius 2 is 2.07 bits per heavy atom. The molecule has 0 bridgehead atoms. The van der Waals surface area contributed by atoms with Crippen LogP contribution in [0.15, 0.2) is 24.8 Å². The minimum atomic E-state index is 0.579. The Morgan fingerprint density at radius 1 is 1.33 bits per heavy atom. The van der Waals surface area contributed by atoms with E-state index in [1.165, 1.54) is 11.1 Å². The Labute approximate surface area is 86.7 Å². The maximum atomic E-state index is 4.13. The molecule has 0 aliphatic carbocycles. The first-order valence-corrected chi connectivity index (χ1v) is 4.47. The molecular weight excluding hydrogens is 192 g/mol. The zero-order valence-corrected chi connectivity index (χ0v) is 8.49. The van der Waals surface area contributed by atoms with Crippen molar-refractivity contribution >= 4 is 5.57 Å². The van der Waals surface area contributed by atoms with E-state index in [0.29, 0.717) is 5.82 Å². The van der Waals surface area contributed by atoms with E-state index in [1.54, 1.807) is 19.4 Å². The van der Waals surface area contributed by atoms with Crippen molar-refractivity contribution < 1.29 is 0 Å². The quantitative estimate of drug-likeness (QED) is 0.707. The molecule has 0 unspecified atom stereocenters. The fourth-order valence-electron chi connectivity index (χ4n) is 1.25. The second kappa shape index (κ2) is 3.95. The van der Waals surface area contributed by atoms with Gasteiger partial charge in [0.05, 0.1) is 7.05 Å². The van der Waals surface area contributed by atoms with Crippen molar-refractivity contribution in [1.29, 1.82) is 0 Å². The van der Waals surface area contributed by atoms with Gasteiger partial charge in [-0.05, 0) is 12.1 Å². The highest BCUT2D eigenvalue weighted by atomic mass is 15.6. The standard InChI is InChI=1S/C9H10N6/c1-3-8(7-4-10-6-11-5-7)9-12-14-15(2)13-9/h3-6H,1-2H3/b8-3+. The van der Waals surface area contributed by atoms with Crippen LogP contribution >= 0.6 is 0 Å². The molecular formula is C9H10N6. The summed E-state index contributed by atoms with van der Waals surface area (Å²) in [7, 11) is 1.73. The summed E-state index contributed by atoms with van der Waals surface area (Å²) in [5.74, 6) is 0.579. The number of tetrazole rings is 1. The topological polar surface area (TPSA) is 69.4 Å². The third-order valence-corrected chi connectivity index (χ3v) is 1.91. The van der Waals surface area contributed by atoms with Gasteiger partial charge in [0.2, 0.25) is 5.82 Å². The molecule has 0 N–H and O–H groups in total. The van der Waals surface area contributed by atoms with Gasteiger partial charge in [0.1, 0.15) is 6.33 Å². The van der Waals surface area contributed by atoms with E-state index in [2.05, 4.69) is 25.4 Å². The fourth-order valence-corrected chi connectivity index (χ4v) is 1.25. The van der Waals surface area contributed by atoms with Gasteiger partial charge in [-0.1, -0.05) is 6.08 Å². The van der Waals surface area contributed by atoms with Gasteiger partial charge in [0, 0.05) is 23.5 Å². The van der Waals surface area contributed by atoms with Crippen LogP contribution in [0.2, 0.25) is 0 Å². The van der Waals surface area contributed by atoms with E-state index in [0.717, 1.165) is 11.1 Å². The number of aromatic nitrogens is 6. The van der Waals surface area contributed by atoms with Crippen molar-refractivity contribution in [3.05, 3.63) is 36.2 Å². The predicted molar refractivity (Wildman–Crippen MR) is 53.6 cm³/mol. The highest BCUT2D eigenvalue weighted by molar-refractivity contribution is 5.74. The SMILES string of the molecule is C/C=C(\c1cncnc1)c1nnn(C)n1. The molecule has 0 aliphatic heterocycles. The van der Waals surface area contributed by atoms with E-state index >= 15 is 0 Å². The zero-order valence-electron chi connectivity index (χ0n) is 8.49. The van der Waals surface area contributed by atoms with Crippen molar-refractivity contribution in [2.75, 3.05) is 0 Å². The van der Waals surface area contributed by atoms with Crippen LogP contribution in [0.4, 0.5) is 0 Å². The van der Waals surface area contributed by atoms with Crippen LogP contribution in [-0.4, -0.2) is 30.2 Å². The Hall–Kier alpha value is -2.11. The van der Waals surface area contributed by atoms with Gasteiger partial charge < -0.3 is 0 Å². The lowest BCUT2D eigenvalue weighted by Gasteiger charge is -1.99. The summed E-state index contributed by atoms with van der Waals surface area (Å²) >= 11 is 0. The van der Waals surface area contributed by atoms with Crippen LogP contribution in [0.1, 0.15) is 18.3 Å². The number of rotatable bonds is 2. The molecule has 6 heteroatoms. The molecule has 0 amide bonds. The van der Waals surface area contributed by atoms with Crippen molar-refractivity contribution in [3.63, 3.8) is 0 Å². The molecule has 2 aromatic rings. The Balaban J connectivity index is 2.43. The summed E-state index contributed by atoms with van der Waals surface area (Å²) in [4.78, 5) is 9.32. The first kappa shape index (κ1) is 9.45. The van der Waals surface area contributed by atoms with Gasteiger partial charge in [-0.15, -0.1) is 10.2 Å². The highest BCUT2D eigenvalue weighted by Crippen LogP contribution is 2.17. The molecule has 2 aromatic heterocycles. The normalized spacial score (nSPS) is 11.7. The molecule has 0 spiro atoms. The summed E-state index contributed by atoms with van der Waals surface area (Å²) in [6.07, 6.45) is 6.84. The summed E-state index contributed by atoms with van der Waals surface area (Å²) in [5.41, 5.74) is 1.76. The summed E-state index contributed by atoms with van der Waals surface area (Å²) in [6, 6.07) is 0. The van der Waals surface area contributed by atoms with Crippen LogP contribution < -0.4 is 0 Å². The van der Waals surface area contributed by atoms with Gasteiger partial charge in [-0.2, -0.15) is 4.80 Å². The Morgan fingerprint density at radius 3 is 2.60 bits per heavy atom. The molecule has 2 heterocycles. The molecule has 0 atom stereocenters. The molecule has 0 radical (unpaired) electrons. The van der Waals surface area contributed by atoms with Crippen molar-refractivity contribution in [1.82, 2.24) is 30.2 Å². The molecule has 0 saturated heterocycles. The van der Waals surface area contributed by atoms with Crippen LogP contribution in [0, 0.1) is 0 Å². The monoisotopic (exact) mass is 202 g/mol. The van der Waals surface area contributed by atoms with E-state index in [9.17, 15) is 0 Å². The first-order chi connectivity index (χ1) is 7.31. The molecule has 2 rings (SSSR count). The largest absolute Gasteiger partial charge is 0.244 e. The van der Waals surface area contributed by atoms with Crippen LogP contribution in [0.3, 0.4) is 0 Å². The van der Waals surface area contributed by atoms with E-state index < -0.39 is 0 Å². The predicted octanol–water partition coefficient (Wildman–Crippen LogP) is 0.452. The number of hydrogen-bond acceptors (Lipinski definition) is 5. The second-order valence-corrected chi connectivity index (χ2v) is 2.93. The molecule has 76 valence electrons. The fraction of sp³-hybridized carbons (Fsp3) is 0.222. The van der Waals surface area contributed by atoms with Gasteiger partial charge >= 0.3 is 0 Å². The molecule has 0 aromatic carbocycles. The minimum absolute atomic E-state index is 0.579. The van der Waals surface area contributed by atoms with Crippen LogP contribution in [0.5, 0.6) is 0 Å². The highest BCUT2D eigenvalue weighted by Gasteiger charge is 2.09. The average molecular weight is 202 g/mol. The van der Waals surface area contributed by atoms with Crippen LogP contribution in [0.25, 0.3) is 5.57 Å². The lowest BCUT2D eigenvalue weighted by atomic mass is 10.1. The van der Waals surface area contributed by atoms with Gasteiger partial charge in [0.15, 0.2) is 0 Å². The number of hydrogen-bond donors (Lipinski definition) is 0. The number of allylic oxidation sites excluding steroid dienone is 1. The molecule has 0 fully saturated rings. The lowest BCUT2D eigenvalue weighted by molar-refractivity contribution is 0.629. The molecule has 6 nitrogen and oxygen atoms in total. The smallest absolute Gasteiger partial charge is 0.205 e. The Kier molecular flexibility index (Phi) is 2.49. The average Bonchev–Trinajstić information content (AvgIpc) is 2.68.